The van der Waals surface area contributed by atoms with E-state index in [1.165, 1.54) is 0 Å². The summed E-state index contributed by atoms with van der Waals surface area (Å²) in [6.45, 7) is 6.51. The van der Waals surface area contributed by atoms with E-state index < -0.39 is 0 Å². The van der Waals surface area contributed by atoms with Crippen LogP contribution in [0, 0.1) is 0 Å². The number of carbonyl (C=O) groups is 2. The monoisotopic (exact) mass is 415 g/mol. The lowest BCUT2D eigenvalue weighted by Gasteiger charge is -2.30. The maximum Gasteiger partial charge on any atom is 0.257 e. The van der Waals surface area contributed by atoms with Crippen LogP contribution in [0.2, 0.25) is 5.02 Å². The second-order valence-electron chi connectivity index (χ2n) is 7.30. The SMILES string of the molecule is CCC(=O)N(Cc1cc(NC(=O)c2ccccc2Cl)ccc1N(C)C)[C@@H](C)CC. The summed E-state index contributed by atoms with van der Waals surface area (Å²) >= 11 is 6.14. The number of anilines is 2. The van der Waals surface area contributed by atoms with Crippen molar-refractivity contribution in [3.05, 3.63) is 58.6 Å². The van der Waals surface area contributed by atoms with Crippen LogP contribution in [0.15, 0.2) is 42.5 Å². The molecule has 5 nitrogen and oxygen atoms in total. The lowest BCUT2D eigenvalue weighted by molar-refractivity contribution is -0.133. The smallest absolute Gasteiger partial charge is 0.257 e. The molecule has 0 aliphatic carbocycles. The molecule has 0 aliphatic rings. The van der Waals surface area contributed by atoms with Crippen molar-refractivity contribution in [3.8, 4) is 0 Å². The number of halogens is 1. The molecule has 0 saturated carbocycles. The van der Waals surface area contributed by atoms with Gasteiger partial charge in [0.1, 0.15) is 0 Å². The van der Waals surface area contributed by atoms with Crippen LogP contribution in [0.4, 0.5) is 11.4 Å². The third kappa shape index (κ3) is 5.73. The van der Waals surface area contributed by atoms with Crippen LogP contribution >= 0.6 is 11.6 Å². The summed E-state index contributed by atoms with van der Waals surface area (Å²) in [6, 6.07) is 12.8. The van der Waals surface area contributed by atoms with Crippen LogP contribution in [-0.2, 0) is 11.3 Å². The number of nitrogens with one attached hydrogen (secondary N) is 1. The van der Waals surface area contributed by atoms with Crippen LogP contribution < -0.4 is 10.2 Å². The van der Waals surface area contributed by atoms with Crippen molar-refractivity contribution in [2.75, 3.05) is 24.3 Å². The van der Waals surface area contributed by atoms with Crippen molar-refractivity contribution in [3.63, 3.8) is 0 Å². The number of nitrogens with zero attached hydrogens (tertiary/aromatic N) is 2. The molecule has 29 heavy (non-hydrogen) atoms. The zero-order valence-corrected chi connectivity index (χ0v) is 18.6. The largest absolute Gasteiger partial charge is 0.377 e. The van der Waals surface area contributed by atoms with E-state index in [2.05, 4.69) is 19.2 Å². The van der Waals surface area contributed by atoms with Crippen LogP contribution in [0.1, 0.15) is 49.5 Å². The molecule has 0 spiro atoms. The van der Waals surface area contributed by atoms with Crippen molar-refractivity contribution >= 4 is 34.8 Å². The number of amides is 2. The molecule has 0 saturated heterocycles. The van der Waals surface area contributed by atoms with Crippen LogP contribution in [0.25, 0.3) is 0 Å². The molecule has 1 N–H and O–H groups in total. The molecule has 0 fully saturated rings. The minimum atomic E-state index is -0.262. The van der Waals surface area contributed by atoms with E-state index >= 15 is 0 Å². The molecule has 156 valence electrons. The topological polar surface area (TPSA) is 52.7 Å². The Hall–Kier alpha value is -2.53. The third-order valence-corrected chi connectivity index (χ3v) is 5.35. The Morgan fingerprint density at radius 2 is 1.79 bits per heavy atom. The molecular weight excluding hydrogens is 386 g/mol. The lowest BCUT2D eigenvalue weighted by atomic mass is 10.1. The molecule has 0 aliphatic heterocycles. The zero-order chi connectivity index (χ0) is 21.6. The van der Waals surface area contributed by atoms with Gasteiger partial charge in [-0.25, -0.2) is 0 Å². The highest BCUT2D eigenvalue weighted by Crippen LogP contribution is 2.27. The first-order chi connectivity index (χ1) is 13.8. The molecule has 0 heterocycles. The van der Waals surface area contributed by atoms with Gasteiger partial charge in [0.2, 0.25) is 5.91 Å². The lowest BCUT2D eigenvalue weighted by Crippen LogP contribution is -2.37. The molecule has 1 atom stereocenters. The Bertz CT molecular complexity index is 867. The fourth-order valence-corrected chi connectivity index (χ4v) is 3.39. The van der Waals surface area contributed by atoms with Gasteiger partial charge >= 0.3 is 0 Å². The minimum absolute atomic E-state index is 0.120. The summed E-state index contributed by atoms with van der Waals surface area (Å²) in [5.41, 5.74) is 3.09. The van der Waals surface area contributed by atoms with Gasteiger partial charge in [0.25, 0.3) is 5.91 Å². The van der Waals surface area contributed by atoms with Gasteiger partial charge in [0, 0.05) is 44.5 Å². The van der Waals surface area contributed by atoms with E-state index in [0.29, 0.717) is 29.2 Å². The fraction of sp³-hybridized carbons (Fsp3) is 0.391. The van der Waals surface area contributed by atoms with E-state index in [4.69, 9.17) is 11.6 Å². The third-order valence-electron chi connectivity index (χ3n) is 5.02. The van der Waals surface area contributed by atoms with Crippen LogP contribution in [0.3, 0.4) is 0 Å². The highest BCUT2D eigenvalue weighted by molar-refractivity contribution is 6.34. The number of rotatable bonds is 8. The summed E-state index contributed by atoms with van der Waals surface area (Å²) < 4.78 is 0. The first-order valence-corrected chi connectivity index (χ1v) is 10.3. The average molecular weight is 416 g/mol. The number of hydrogen-bond donors (Lipinski definition) is 1. The molecule has 0 aromatic heterocycles. The van der Waals surface area contributed by atoms with Gasteiger partial charge in [-0.2, -0.15) is 0 Å². The van der Waals surface area contributed by atoms with Crippen molar-refractivity contribution in [1.29, 1.82) is 0 Å². The first-order valence-electron chi connectivity index (χ1n) is 9.94. The van der Waals surface area contributed by atoms with Crippen molar-refractivity contribution in [2.24, 2.45) is 0 Å². The Labute approximate surface area is 178 Å². The van der Waals surface area contributed by atoms with Gasteiger partial charge < -0.3 is 15.1 Å². The van der Waals surface area contributed by atoms with E-state index in [0.717, 1.165) is 17.7 Å². The van der Waals surface area contributed by atoms with Crippen LogP contribution in [0.5, 0.6) is 0 Å². The molecule has 0 radical (unpaired) electrons. The molecule has 2 aromatic rings. The number of carbonyl (C=O) groups excluding carboxylic acids is 2. The van der Waals surface area contributed by atoms with Gasteiger partial charge in [-0.1, -0.05) is 37.6 Å². The average Bonchev–Trinajstić information content (AvgIpc) is 2.71. The van der Waals surface area contributed by atoms with Crippen molar-refractivity contribution in [1.82, 2.24) is 4.90 Å². The highest BCUT2D eigenvalue weighted by atomic mass is 35.5. The van der Waals surface area contributed by atoms with Crippen molar-refractivity contribution < 1.29 is 9.59 Å². The fourth-order valence-electron chi connectivity index (χ4n) is 3.17. The summed E-state index contributed by atoms with van der Waals surface area (Å²) in [6.07, 6.45) is 1.34. The van der Waals surface area contributed by atoms with Gasteiger partial charge in [-0.3, -0.25) is 9.59 Å². The predicted octanol–water partition coefficient (Wildman–Crippen LogP) is 5.20. The maximum absolute atomic E-state index is 12.6. The number of hydrogen-bond acceptors (Lipinski definition) is 3. The molecule has 2 aromatic carbocycles. The quantitative estimate of drug-likeness (QED) is 0.645. The second kappa shape index (κ2) is 10.3. The Balaban J connectivity index is 2.34. The normalized spacial score (nSPS) is 11.7. The Morgan fingerprint density at radius 1 is 1.10 bits per heavy atom. The second-order valence-corrected chi connectivity index (χ2v) is 7.71. The van der Waals surface area contributed by atoms with E-state index in [9.17, 15) is 9.59 Å². The van der Waals surface area contributed by atoms with E-state index in [1.807, 2.05) is 49.0 Å². The van der Waals surface area contributed by atoms with E-state index in [1.54, 1.807) is 24.3 Å². The zero-order valence-electron chi connectivity index (χ0n) is 17.8. The van der Waals surface area contributed by atoms with Gasteiger partial charge in [-0.15, -0.1) is 0 Å². The Morgan fingerprint density at radius 3 is 2.38 bits per heavy atom. The van der Waals surface area contributed by atoms with E-state index in [-0.39, 0.29) is 17.9 Å². The number of benzene rings is 2. The summed E-state index contributed by atoms with van der Waals surface area (Å²) in [4.78, 5) is 29.1. The summed E-state index contributed by atoms with van der Waals surface area (Å²) in [5.74, 6) is -0.142. The van der Waals surface area contributed by atoms with Crippen LogP contribution in [-0.4, -0.2) is 36.9 Å². The Kier molecular flexibility index (Phi) is 8.09. The molecule has 0 bridgehead atoms. The molecule has 0 unspecified atom stereocenters. The van der Waals surface area contributed by atoms with Crippen molar-refractivity contribution in [2.45, 2.75) is 46.2 Å². The van der Waals surface area contributed by atoms with Gasteiger partial charge in [0.15, 0.2) is 0 Å². The molecule has 2 amide bonds. The molecular formula is C23H30ClN3O2. The first kappa shape index (κ1) is 22.8. The summed E-state index contributed by atoms with van der Waals surface area (Å²) in [7, 11) is 3.94. The predicted molar refractivity (Wildman–Crippen MR) is 121 cm³/mol. The van der Waals surface area contributed by atoms with Gasteiger partial charge in [-0.05, 0) is 49.2 Å². The summed E-state index contributed by atoms with van der Waals surface area (Å²) in [5, 5.41) is 3.33. The maximum atomic E-state index is 12.6. The van der Waals surface area contributed by atoms with Gasteiger partial charge in [0.05, 0.1) is 10.6 Å². The highest BCUT2D eigenvalue weighted by Gasteiger charge is 2.20. The standard InChI is InChI=1S/C23H30ClN3O2/c1-6-16(3)27(22(28)7-2)15-17-14-18(12-13-21(17)26(4)5)25-23(29)19-10-8-9-11-20(19)24/h8-14,16H,6-7,15H2,1-5H3,(H,25,29)/t16-/m0/s1. The molecule has 2 rings (SSSR count). The minimum Gasteiger partial charge on any atom is -0.377 e. The molecule has 6 heteroatoms.